The van der Waals surface area contributed by atoms with Gasteiger partial charge in [0, 0.05) is 26.2 Å². The van der Waals surface area contributed by atoms with E-state index in [4.69, 9.17) is 11.6 Å². The zero-order valence-corrected chi connectivity index (χ0v) is 13.0. The summed E-state index contributed by atoms with van der Waals surface area (Å²) < 4.78 is 0. The van der Waals surface area contributed by atoms with Crippen LogP contribution in [0.25, 0.3) is 0 Å². The lowest BCUT2D eigenvalue weighted by Gasteiger charge is -2.39. The lowest BCUT2D eigenvalue weighted by Crippen LogP contribution is -2.58. The first kappa shape index (κ1) is 15.3. The fourth-order valence-corrected chi connectivity index (χ4v) is 2.54. The minimum Gasteiger partial charge on any atom is -0.323 e. The van der Waals surface area contributed by atoms with Crippen LogP contribution in [0.15, 0.2) is 18.2 Å². The van der Waals surface area contributed by atoms with Gasteiger partial charge in [0.1, 0.15) is 0 Å². The molecule has 0 saturated carbocycles. The van der Waals surface area contributed by atoms with Gasteiger partial charge in [0.2, 0.25) is 5.91 Å². The second-order valence-corrected chi connectivity index (χ2v) is 6.14. The van der Waals surface area contributed by atoms with E-state index < -0.39 is 5.54 Å². The third kappa shape index (κ3) is 3.32. The summed E-state index contributed by atoms with van der Waals surface area (Å²) in [5, 5.41) is 6.82. The number of halogens is 1. The second-order valence-electron chi connectivity index (χ2n) is 5.73. The maximum atomic E-state index is 12.6. The van der Waals surface area contributed by atoms with Crippen molar-refractivity contribution in [3.8, 4) is 0 Å². The topological polar surface area (TPSA) is 44.4 Å². The molecule has 0 unspecified atom stereocenters. The minimum absolute atomic E-state index is 0.0214. The summed E-state index contributed by atoms with van der Waals surface area (Å²) >= 11 is 6.14. The van der Waals surface area contributed by atoms with E-state index in [1.165, 1.54) is 0 Å². The highest BCUT2D eigenvalue weighted by Gasteiger charge is 2.35. The normalized spacial score (nSPS) is 17.0. The number of carbonyl (C=O) groups is 1. The Balaban J connectivity index is 2.11. The van der Waals surface area contributed by atoms with E-state index >= 15 is 0 Å². The SMILES string of the molecule is Cc1ccc(Cl)c(NC(=O)C(C)(C)N2CCNCC2)c1. The molecule has 2 rings (SSSR count). The summed E-state index contributed by atoms with van der Waals surface area (Å²) in [5.41, 5.74) is 1.21. The van der Waals surface area contributed by atoms with Crippen LogP contribution in [-0.2, 0) is 4.79 Å². The molecular weight excluding hydrogens is 274 g/mol. The first-order valence-corrected chi connectivity index (χ1v) is 7.32. The number of nitrogens with one attached hydrogen (secondary N) is 2. The van der Waals surface area contributed by atoms with Gasteiger partial charge < -0.3 is 10.6 Å². The van der Waals surface area contributed by atoms with Crippen LogP contribution >= 0.6 is 11.6 Å². The van der Waals surface area contributed by atoms with Crippen LogP contribution in [0.1, 0.15) is 19.4 Å². The van der Waals surface area contributed by atoms with Crippen molar-refractivity contribution < 1.29 is 4.79 Å². The molecular formula is C15H22ClN3O. The fraction of sp³-hybridized carbons (Fsp3) is 0.533. The molecule has 5 heteroatoms. The fourth-order valence-electron chi connectivity index (χ4n) is 2.38. The largest absolute Gasteiger partial charge is 0.323 e. The Bertz CT molecular complexity index is 496. The molecule has 1 aromatic carbocycles. The number of carbonyl (C=O) groups excluding carboxylic acids is 1. The van der Waals surface area contributed by atoms with Gasteiger partial charge in [0.15, 0.2) is 0 Å². The Morgan fingerprint density at radius 1 is 1.35 bits per heavy atom. The number of piperazine rings is 1. The molecule has 0 bridgehead atoms. The van der Waals surface area contributed by atoms with Crippen LogP contribution in [0.5, 0.6) is 0 Å². The van der Waals surface area contributed by atoms with Gasteiger partial charge in [-0.3, -0.25) is 9.69 Å². The number of hydrogen-bond donors (Lipinski definition) is 2. The van der Waals surface area contributed by atoms with Gasteiger partial charge in [-0.1, -0.05) is 17.7 Å². The monoisotopic (exact) mass is 295 g/mol. The van der Waals surface area contributed by atoms with E-state index in [1.807, 2.05) is 39.0 Å². The smallest absolute Gasteiger partial charge is 0.244 e. The number of nitrogens with zero attached hydrogens (tertiary/aromatic N) is 1. The number of rotatable bonds is 3. The zero-order chi connectivity index (χ0) is 14.8. The maximum absolute atomic E-state index is 12.6. The molecule has 110 valence electrons. The number of amides is 1. The van der Waals surface area contributed by atoms with Gasteiger partial charge in [-0.15, -0.1) is 0 Å². The average molecular weight is 296 g/mol. The van der Waals surface area contributed by atoms with Crippen molar-refractivity contribution in [2.45, 2.75) is 26.3 Å². The van der Waals surface area contributed by atoms with E-state index in [0.29, 0.717) is 10.7 Å². The van der Waals surface area contributed by atoms with Crippen molar-refractivity contribution in [3.05, 3.63) is 28.8 Å². The zero-order valence-electron chi connectivity index (χ0n) is 12.3. The molecule has 1 aliphatic heterocycles. The molecule has 1 heterocycles. The predicted octanol–water partition coefficient (Wildman–Crippen LogP) is 2.27. The standard InChI is InChI=1S/C15H22ClN3O/c1-11-4-5-12(16)13(10-11)18-14(20)15(2,3)19-8-6-17-7-9-19/h4-5,10,17H,6-9H2,1-3H3,(H,18,20). The molecule has 20 heavy (non-hydrogen) atoms. The quantitative estimate of drug-likeness (QED) is 0.899. The number of aryl methyl sites for hydroxylation is 1. The molecule has 1 amide bonds. The summed E-state index contributed by atoms with van der Waals surface area (Å²) in [6.45, 7) is 9.48. The first-order chi connectivity index (χ1) is 9.41. The van der Waals surface area contributed by atoms with E-state index in [-0.39, 0.29) is 5.91 Å². The molecule has 1 fully saturated rings. The molecule has 0 spiro atoms. The van der Waals surface area contributed by atoms with Gasteiger partial charge in [-0.25, -0.2) is 0 Å². The van der Waals surface area contributed by atoms with Crippen molar-refractivity contribution in [2.75, 3.05) is 31.5 Å². The summed E-state index contributed by atoms with van der Waals surface area (Å²) in [6.07, 6.45) is 0. The van der Waals surface area contributed by atoms with Crippen LogP contribution in [0.3, 0.4) is 0 Å². The Kier molecular flexibility index (Phi) is 4.68. The van der Waals surface area contributed by atoms with Crippen LogP contribution < -0.4 is 10.6 Å². The number of hydrogen-bond acceptors (Lipinski definition) is 3. The van der Waals surface area contributed by atoms with Gasteiger partial charge in [0.05, 0.1) is 16.2 Å². The van der Waals surface area contributed by atoms with Crippen LogP contribution in [-0.4, -0.2) is 42.5 Å². The van der Waals surface area contributed by atoms with Gasteiger partial charge in [-0.05, 0) is 38.5 Å². The summed E-state index contributed by atoms with van der Waals surface area (Å²) in [7, 11) is 0. The number of benzene rings is 1. The van der Waals surface area contributed by atoms with Crippen molar-refractivity contribution in [1.29, 1.82) is 0 Å². The lowest BCUT2D eigenvalue weighted by molar-refractivity contribution is -0.126. The highest BCUT2D eigenvalue weighted by molar-refractivity contribution is 6.33. The van der Waals surface area contributed by atoms with Gasteiger partial charge in [0.25, 0.3) is 0 Å². The van der Waals surface area contributed by atoms with Crippen LogP contribution in [0.4, 0.5) is 5.69 Å². The van der Waals surface area contributed by atoms with Gasteiger partial charge in [-0.2, -0.15) is 0 Å². The Morgan fingerprint density at radius 3 is 2.65 bits per heavy atom. The molecule has 4 nitrogen and oxygen atoms in total. The highest BCUT2D eigenvalue weighted by atomic mass is 35.5. The van der Waals surface area contributed by atoms with Crippen molar-refractivity contribution in [2.24, 2.45) is 0 Å². The lowest BCUT2D eigenvalue weighted by atomic mass is 10.00. The molecule has 2 N–H and O–H groups in total. The molecule has 1 aliphatic rings. The Hall–Kier alpha value is -1.10. The molecule has 0 aromatic heterocycles. The molecule has 0 aliphatic carbocycles. The van der Waals surface area contributed by atoms with Crippen molar-refractivity contribution >= 4 is 23.2 Å². The summed E-state index contributed by atoms with van der Waals surface area (Å²) in [6, 6.07) is 5.64. The summed E-state index contributed by atoms with van der Waals surface area (Å²) in [5.74, 6) is -0.0214. The molecule has 0 radical (unpaired) electrons. The van der Waals surface area contributed by atoms with E-state index in [1.54, 1.807) is 0 Å². The van der Waals surface area contributed by atoms with Crippen LogP contribution in [0.2, 0.25) is 5.02 Å². The molecule has 1 aromatic rings. The van der Waals surface area contributed by atoms with E-state index in [9.17, 15) is 4.79 Å². The molecule has 1 saturated heterocycles. The third-order valence-electron chi connectivity index (χ3n) is 3.83. The summed E-state index contributed by atoms with van der Waals surface area (Å²) in [4.78, 5) is 14.8. The maximum Gasteiger partial charge on any atom is 0.244 e. The van der Waals surface area contributed by atoms with Gasteiger partial charge >= 0.3 is 0 Å². The average Bonchev–Trinajstić information content (AvgIpc) is 2.43. The highest BCUT2D eigenvalue weighted by Crippen LogP contribution is 2.25. The van der Waals surface area contributed by atoms with Crippen LogP contribution in [0, 0.1) is 6.92 Å². The van der Waals surface area contributed by atoms with Crippen molar-refractivity contribution in [1.82, 2.24) is 10.2 Å². The Morgan fingerprint density at radius 2 is 2.00 bits per heavy atom. The third-order valence-corrected chi connectivity index (χ3v) is 4.16. The second kappa shape index (κ2) is 6.12. The van der Waals surface area contributed by atoms with Crippen molar-refractivity contribution in [3.63, 3.8) is 0 Å². The molecule has 0 atom stereocenters. The first-order valence-electron chi connectivity index (χ1n) is 6.94. The predicted molar refractivity (Wildman–Crippen MR) is 83.3 cm³/mol. The minimum atomic E-state index is -0.546. The van der Waals surface area contributed by atoms with E-state index in [0.717, 1.165) is 31.7 Å². The number of anilines is 1. The Labute approximate surface area is 125 Å². The van der Waals surface area contributed by atoms with E-state index in [2.05, 4.69) is 15.5 Å².